The van der Waals surface area contributed by atoms with Crippen LogP contribution >= 0.6 is 0 Å². The average Bonchev–Trinajstić information content (AvgIpc) is 3.42. The minimum atomic E-state index is -0.0105. The number of amides is 2. The number of anilines is 1. The van der Waals surface area contributed by atoms with Crippen molar-refractivity contribution in [2.45, 2.75) is 25.8 Å². The first-order valence-electron chi connectivity index (χ1n) is 9.61. The van der Waals surface area contributed by atoms with Crippen LogP contribution in [-0.4, -0.2) is 62.1 Å². The second kappa shape index (κ2) is 7.27. The van der Waals surface area contributed by atoms with Gasteiger partial charge in [0.25, 0.3) is 5.91 Å². The first-order valence-corrected chi connectivity index (χ1v) is 9.61. The lowest BCUT2D eigenvalue weighted by molar-refractivity contribution is -0.119. The molecule has 2 atom stereocenters. The molecule has 4 rings (SSSR count). The molecule has 26 heavy (non-hydrogen) atoms. The van der Waals surface area contributed by atoms with Gasteiger partial charge in [0.2, 0.25) is 5.91 Å². The number of carbonyl (C=O) groups excluding carboxylic acids is 2. The van der Waals surface area contributed by atoms with Crippen LogP contribution in [0.1, 0.15) is 30.1 Å². The molecule has 2 amide bonds. The lowest BCUT2D eigenvalue weighted by atomic mass is 9.98. The number of benzene rings is 1. The first kappa shape index (κ1) is 17.3. The fraction of sp³-hybridized carbons (Fsp3) is 0.600. The zero-order valence-electron chi connectivity index (χ0n) is 15.3. The van der Waals surface area contributed by atoms with Crippen LogP contribution in [0.3, 0.4) is 0 Å². The zero-order chi connectivity index (χ0) is 18.1. The van der Waals surface area contributed by atoms with Crippen LogP contribution < -0.4 is 10.2 Å². The van der Waals surface area contributed by atoms with Crippen molar-refractivity contribution >= 4 is 17.5 Å². The molecule has 0 radical (unpaired) electrons. The summed E-state index contributed by atoms with van der Waals surface area (Å²) in [6.45, 7) is 5.92. The highest BCUT2D eigenvalue weighted by molar-refractivity contribution is 6.00. The molecule has 2 heterocycles. The lowest BCUT2D eigenvalue weighted by Crippen LogP contribution is -2.41. The molecule has 1 saturated carbocycles. The third kappa shape index (κ3) is 3.56. The SMILES string of the molecule is CC(=O)NC1CN(C(=O)c2ccccc2N2CCOCC2)CC1C1CC1. The summed E-state index contributed by atoms with van der Waals surface area (Å²) in [6.07, 6.45) is 2.43. The number of likely N-dealkylation sites (tertiary alicyclic amines) is 1. The van der Waals surface area contributed by atoms with Gasteiger partial charge in [0.05, 0.1) is 24.8 Å². The number of ether oxygens (including phenoxy) is 1. The zero-order valence-corrected chi connectivity index (χ0v) is 15.3. The molecular weight excluding hydrogens is 330 g/mol. The highest BCUT2D eigenvalue weighted by Gasteiger charge is 2.44. The van der Waals surface area contributed by atoms with E-state index < -0.39 is 0 Å². The largest absolute Gasteiger partial charge is 0.378 e. The molecule has 3 aliphatic rings. The highest BCUT2D eigenvalue weighted by Crippen LogP contribution is 2.42. The lowest BCUT2D eigenvalue weighted by Gasteiger charge is -2.31. The minimum Gasteiger partial charge on any atom is -0.378 e. The Kier molecular flexibility index (Phi) is 4.85. The molecule has 6 heteroatoms. The molecule has 1 aromatic carbocycles. The predicted octanol–water partition coefficient (Wildman–Crippen LogP) is 1.51. The summed E-state index contributed by atoms with van der Waals surface area (Å²) >= 11 is 0. The normalized spacial score (nSPS) is 26.0. The van der Waals surface area contributed by atoms with Crippen molar-refractivity contribution in [3.05, 3.63) is 29.8 Å². The summed E-state index contributed by atoms with van der Waals surface area (Å²) in [7, 11) is 0. The third-order valence-corrected chi connectivity index (χ3v) is 5.75. The molecule has 1 N–H and O–H groups in total. The van der Waals surface area contributed by atoms with Gasteiger partial charge in [0.15, 0.2) is 0 Å². The number of hydrogen-bond acceptors (Lipinski definition) is 4. The molecule has 2 saturated heterocycles. The highest BCUT2D eigenvalue weighted by atomic mass is 16.5. The van der Waals surface area contributed by atoms with Gasteiger partial charge in [-0.1, -0.05) is 12.1 Å². The topological polar surface area (TPSA) is 61.9 Å². The Hall–Kier alpha value is -2.08. The summed E-state index contributed by atoms with van der Waals surface area (Å²) in [6, 6.07) is 7.94. The van der Waals surface area contributed by atoms with Gasteiger partial charge in [-0.2, -0.15) is 0 Å². The van der Waals surface area contributed by atoms with Gasteiger partial charge in [-0.15, -0.1) is 0 Å². The maximum atomic E-state index is 13.3. The number of nitrogens with zero attached hydrogens (tertiary/aromatic N) is 2. The number of carbonyl (C=O) groups is 2. The van der Waals surface area contributed by atoms with Crippen LogP contribution in [-0.2, 0) is 9.53 Å². The van der Waals surface area contributed by atoms with E-state index in [-0.39, 0.29) is 17.9 Å². The number of morpholine rings is 1. The van der Waals surface area contributed by atoms with E-state index in [1.165, 1.54) is 12.8 Å². The van der Waals surface area contributed by atoms with E-state index >= 15 is 0 Å². The Morgan fingerprint density at radius 1 is 1.12 bits per heavy atom. The van der Waals surface area contributed by atoms with Gasteiger partial charge in [0, 0.05) is 44.7 Å². The molecule has 0 spiro atoms. The Balaban J connectivity index is 1.53. The van der Waals surface area contributed by atoms with E-state index in [1.54, 1.807) is 6.92 Å². The number of para-hydroxylation sites is 1. The van der Waals surface area contributed by atoms with E-state index in [2.05, 4.69) is 10.2 Å². The van der Waals surface area contributed by atoms with Crippen LogP contribution in [0.25, 0.3) is 0 Å². The second-order valence-electron chi connectivity index (χ2n) is 7.64. The van der Waals surface area contributed by atoms with Gasteiger partial charge in [-0.25, -0.2) is 0 Å². The Morgan fingerprint density at radius 3 is 2.54 bits per heavy atom. The molecule has 0 bridgehead atoms. The van der Waals surface area contributed by atoms with Gasteiger partial charge < -0.3 is 19.9 Å². The van der Waals surface area contributed by atoms with Crippen molar-refractivity contribution in [3.63, 3.8) is 0 Å². The van der Waals surface area contributed by atoms with E-state index in [1.807, 2.05) is 29.2 Å². The van der Waals surface area contributed by atoms with Gasteiger partial charge in [-0.05, 0) is 30.9 Å². The molecule has 140 valence electrons. The first-order chi connectivity index (χ1) is 12.6. The van der Waals surface area contributed by atoms with E-state index in [9.17, 15) is 9.59 Å². The monoisotopic (exact) mass is 357 g/mol. The molecule has 2 aliphatic heterocycles. The van der Waals surface area contributed by atoms with Crippen molar-refractivity contribution in [2.24, 2.45) is 11.8 Å². The van der Waals surface area contributed by atoms with Gasteiger partial charge in [0.1, 0.15) is 0 Å². The van der Waals surface area contributed by atoms with Crippen molar-refractivity contribution in [1.82, 2.24) is 10.2 Å². The summed E-state index contributed by atoms with van der Waals surface area (Å²) in [4.78, 5) is 29.0. The van der Waals surface area contributed by atoms with Crippen molar-refractivity contribution in [2.75, 3.05) is 44.3 Å². The van der Waals surface area contributed by atoms with Gasteiger partial charge >= 0.3 is 0 Å². The minimum absolute atomic E-state index is 0.0105. The fourth-order valence-electron chi connectivity index (χ4n) is 4.32. The van der Waals surface area contributed by atoms with E-state index in [0.29, 0.717) is 31.6 Å². The van der Waals surface area contributed by atoms with Crippen LogP contribution in [0.2, 0.25) is 0 Å². The van der Waals surface area contributed by atoms with Crippen LogP contribution in [0.15, 0.2) is 24.3 Å². The summed E-state index contributed by atoms with van der Waals surface area (Å²) < 4.78 is 5.44. The smallest absolute Gasteiger partial charge is 0.256 e. The molecule has 2 unspecified atom stereocenters. The predicted molar refractivity (Wildman–Crippen MR) is 99.2 cm³/mol. The van der Waals surface area contributed by atoms with Crippen molar-refractivity contribution in [3.8, 4) is 0 Å². The number of rotatable bonds is 4. The molecule has 0 aromatic heterocycles. The fourth-order valence-corrected chi connectivity index (χ4v) is 4.32. The molecular formula is C20H27N3O3. The molecule has 1 aromatic rings. The van der Waals surface area contributed by atoms with Crippen LogP contribution in [0.5, 0.6) is 0 Å². The summed E-state index contributed by atoms with van der Waals surface area (Å²) in [5.74, 6) is 1.10. The quantitative estimate of drug-likeness (QED) is 0.887. The Labute approximate surface area is 154 Å². The molecule has 1 aliphatic carbocycles. The number of hydrogen-bond donors (Lipinski definition) is 1. The van der Waals surface area contributed by atoms with Crippen LogP contribution in [0.4, 0.5) is 5.69 Å². The second-order valence-corrected chi connectivity index (χ2v) is 7.64. The summed E-state index contributed by atoms with van der Waals surface area (Å²) in [5.41, 5.74) is 1.75. The van der Waals surface area contributed by atoms with E-state index in [0.717, 1.165) is 30.9 Å². The van der Waals surface area contributed by atoms with Crippen molar-refractivity contribution in [1.29, 1.82) is 0 Å². The van der Waals surface area contributed by atoms with Crippen LogP contribution in [0, 0.1) is 11.8 Å². The Morgan fingerprint density at radius 2 is 1.85 bits per heavy atom. The Bertz CT molecular complexity index is 683. The maximum absolute atomic E-state index is 13.3. The molecule has 6 nitrogen and oxygen atoms in total. The average molecular weight is 357 g/mol. The number of nitrogens with one attached hydrogen (secondary N) is 1. The summed E-state index contributed by atoms with van der Waals surface area (Å²) in [5, 5.41) is 3.07. The maximum Gasteiger partial charge on any atom is 0.256 e. The molecule has 3 fully saturated rings. The van der Waals surface area contributed by atoms with Crippen molar-refractivity contribution < 1.29 is 14.3 Å². The van der Waals surface area contributed by atoms with E-state index in [4.69, 9.17) is 4.74 Å². The standard InChI is InChI=1S/C20H27N3O3/c1-14(24)21-18-13-23(12-17(18)15-6-7-15)20(25)16-4-2-3-5-19(16)22-8-10-26-11-9-22/h2-5,15,17-18H,6-13H2,1H3,(H,21,24). The third-order valence-electron chi connectivity index (χ3n) is 5.75. The van der Waals surface area contributed by atoms with Gasteiger partial charge in [-0.3, -0.25) is 9.59 Å².